The van der Waals surface area contributed by atoms with Gasteiger partial charge in [-0.25, -0.2) is 15.0 Å². The Labute approximate surface area is 147 Å². The van der Waals surface area contributed by atoms with Crippen molar-refractivity contribution in [1.82, 2.24) is 14.5 Å². The van der Waals surface area contributed by atoms with E-state index in [4.69, 9.17) is 4.98 Å². The summed E-state index contributed by atoms with van der Waals surface area (Å²) >= 11 is 0. The van der Waals surface area contributed by atoms with E-state index in [2.05, 4.69) is 38.4 Å². The van der Waals surface area contributed by atoms with Crippen molar-refractivity contribution in [3.05, 3.63) is 35.4 Å². The zero-order valence-corrected chi connectivity index (χ0v) is 14.7. The maximum Gasteiger partial charge on any atom is 0.192 e. The molecule has 7 nitrogen and oxygen atoms in total. The van der Waals surface area contributed by atoms with Gasteiger partial charge in [0.25, 0.3) is 0 Å². The number of aromatic nitrogens is 3. The van der Waals surface area contributed by atoms with Crippen LogP contribution in [-0.2, 0) is 13.5 Å². The highest BCUT2D eigenvalue weighted by atomic mass is 16.3. The number of rotatable bonds is 4. The SMILES string of the molecule is Cc1nc2c(n1C)C(O)N=C(CCc1cccc(N3CCCC3)n1)N2. The van der Waals surface area contributed by atoms with Crippen molar-refractivity contribution in [2.24, 2.45) is 12.0 Å². The van der Waals surface area contributed by atoms with Gasteiger partial charge in [-0.15, -0.1) is 0 Å². The zero-order chi connectivity index (χ0) is 17.4. The summed E-state index contributed by atoms with van der Waals surface area (Å²) in [5.41, 5.74) is 1.77. The molecule has 1 fully saturated rings. The number of nitrogens with one attached hydrogen (secondary N) is 1. The van der Waals surface area contributed by atoms with Gasteiger partial charge in [-0.3, -0.25) is 0 Å². The number of nitrogens with zero attached hydrogens (tertiary/aromatic N) is 5. The van der Waals surface area contributed by atoms with Crippen molar-refractivity contribution in [2.45, 2.75) is 38.8 Å². The molecule has 0 radical (unpaired) electrons. The van der Waals surface area contributed by atoms with E-state index in [-0.39, 0.29) is 0 Å². The molecule has 2 aromatic rings. The standard InChI is InChI=1S/C18H24N6O/c1-12-19-17-16(23(12)2)18(25)22-14(21-17)9-8-13-6-5-7-15(20-13)24-10-3-4-11-24/h5-7,18,25H,3-4,8-11H2,1-2H3,(H,21,22). The molecule has 1 atom stereocenters. The fraction of sp³-hybridized carbons (Fsp3) is 0.500. The highest BCUT2D eigenvalue weighted by Crippen LogP contribution is 2.28. The van der Waals surface area contributed by atoms with E-state index in [1.165, 1.54) is 12.8 Å². The monoisotopic (exact) mass is 340 g/mol. The van der Waals surface area contributed by atoms with E-state index in [0.717, 1.165) is 48.4 Å². The van der Waals surface area contributed by atoms with E-state index in [1.807, 2.05) is 18.5 Å². The first kappa shape index (κ1) is 16.1. The zero-order valence-electron chi connectivity index (χ0n) is 14.7. The van der Waals surface area contributed by atoms with E-state index < -0.39 is 6.23 Å². The predicted octanol–water partition coefficient (Wildman–Crippen LogP) is 2.17. The molecular formula is C18H24N6O. The van der Waals surface area contributed by atoms with E-state index >= 15 is 0 Å². The third-order valence-electron chi connectivity index (χ3n) is 4.99. The number of fused-ring (bicyclic) bond motifs is 1. The van der Waals surface area contributed by atoms with Crippen LogP contribution in [0.5, 0.6) is 0 Å². The summed E-state index contributed by atoms with van der Waals surface area (Å²) < 4.78 is 1.87. The molecule has 2 N–H and O–H groups in total. The molecule has 0 aliphatic carbocycles. The van der Waals surface area contributed by atoms with Gasteiger partial charge in [-0.1, -0.05) is 6.07 Å². The number of aryl methyl sites for hydroxylation is 2. The largest absolute Gasteiger partial charge is 0.367 e. The quantitative estimate of drug-likeness (QED) is 0.892. The third-order valence-corrected chi connectivity index (χ3v) is 4.99. The molecule has 2 aromatic heterocycles. The number of aliphatic hydroxyl groups excluding tert-OH is 1. The lowest BCUT2D eigenvalue weighted by Gasteiger charge is -2.20. The summed E-state index contributed by atoms with van der Waals surface area (Å²) in [7, 11) is 1.89. The smallest absolute Gasteiger partial charge is 0.192 e. The van der Waals surface area contributed by atoms with Gasteiger partial charge in [0.1, 0.15) is 23.2 Å². The van der Waals surface area contributed by atoms with Gasteiger partial charge in [-0.05, 0) is 38.3 Å². The lowest BCUT2D eigenvalue weighted by Crippen LogP contribution is -2.22. The number of anilines is 2. The summed E-state index contributed by atoms with van der Waals surface area (Å²) in [4.78, 5) is 16.0. The Balaban J connectivity index is 1.44. The molecule has 1 unspecified atom stereocenters. The molecule has 132 valence electrons. The van der Waals surface area contributed by atoms with Crippen molar-refractivity contribution in [3.8, 4) is 0 Å². The topological polar surface area (TPSA) is 78.6 Å². The number of hydrogen-bond acceptors (Lipinski definition) is 6. The van der Waals surface area contributed by atoms with Crippen LogP contribution in [0.2, 0.25) is 0 Å². The second-order valence-electron chi connectivity index (χ2n) is 6.71. The molecule has 7 heteroatoms. The predicted molar refractivity (Wildman–Crippen MR) is 98.0 cm³/mol. The number of aliphatic imine (C=N–C) groups is 1. The summed E-state index contributed by atoms with van der Waals surface area (Å²) in [5.74, 6) is 3.38. The first-order valence-electron chi connectivity index (χ1n) is 8.87. The van der Waals surface area contributed by atoms with Crippen molar-refractivity contribution in [2.75, 3.05) is 23.3 Å². The Morgan fingerprint density at radius 1 is 1.20 bits per heavy atom. The Morgan fingerprint density at radius 2 is 2.00 bits per heavy atom. The van der Waals surface area contributed by atoms with Gasteiger partial charge in [0.05, 0.1) is 0 Å². The van der Waals surface area contributed by atoms with Crippen LogP contribution >= 0.6 is 0 Å². The van der Waals surface area contributed by atoms with Crippen molar-refractivity contribution >= 4 is 17.5 Å². The van der Waals surface area contributed by atoms with Gasteiger partial charge in [0.15, 0.2) is 12.0 Å². The summed E-state index contributed by atoms with van der Waals surface area (Å²) in [6.07, 6.45) is 3.11. The van der Waals surface area contributed by atoms with Crippen molar-refractivity contribution in [1.29, 1.82) is 0 Å². The fourth-order valence-corrected chi connectivity index (χ4v) is 3.49. The maximum atomic E-state index is 10.3. The van der Waals surface area contributed by atoms with Crippen molar-refractivity contribution < 1.29 is 5.11 Å². The highest BCUT2D eigenvalue weighted by molar-refractivity contribution is 5.96. The van der Waals surface area contributed by atoms with E-state index in [0.29, 0.717) is 12.2 Å². The van der Waals surface area contributed by atoms with Crippen LogP contribution in [0.1, 0.15) is 42.7 Å². The Bertz CT molecular complexity index is 806. The van der Waals surface area contributed by atoms with Crippen LogP contribution in [0.25, 0.3) is 0 Å². The first-order chi connectivity index (χ1) is 12.1. The fourth-order valence-electron chi connectivity index (χ4n) is 3.49. The molecule has 2 aliphatic heterocycles. The lowest BCUT2D eigenvalue weighted by atomic mass is 10.2. The molecule has 1 saturated heterocycles. The summed E-state index contributed by atoms with van der Waals surface area (Å²) in [6, 6.07) is 6.20. The molecule has 0 spiro atoms. The van der Waals surface area contributed by atoms with Gasteiger partial charge >= 0.3 is 0 Å². The first-order valence-corrected chi connectivity index (χ1v) is 8.87. The highest BCUT2D eigenvalue weighted by Gasteiger charge is 2.25. The minimum absolute atomic E-state index is 0.697. The average molecular weight is 340 g/mol. The van der Waals surface area contributed by atoms with Gasteiger partial charge in [0.2, 0.25) is 0 Å². The molecule has 0 saturated carbocycles. The molecule has 0 amide bonds. The van der Waals surface area contributed by atoms with Crippen molar-refractivity contribution in [3.63, 3.8) is 0 Å². The third kappa shape index (κ3) is 3.11. The maximum absolute atomic E-state index is 10.3. The minimum atomic E-state index is -0.860. The minimum Gasteiger partial charge on any atom is -0.367 e. The Morgan fingerprint density at radius 3 is 2.80 bits per heavy atom. The van der Waals surface area contributed by atoms with Crippen LogP contribution in [-0.4, -0.2) is 38.6 Å². The normalized spacial score (nSPS) is 19.6. The Hall–Kier alpha value is -2.41. The molecule has 4 rings (SSSR count). The molecule has 0 bridgehead atoms. The van der Waals surface area contributed by atoms with Crippen LogP contribution < -0.4 is 10.2 Å². The molecule has 4 heterocycles. The number of aliphatic hydroxyl groups is 1. The lowest BCUT2D eigenvalue weighted by molar-refractivity contribution is 0.179. The average Bonchev–Trinajstić information content (AvgIpc) is 3.23. The van der Waals surface area contributed by atoms with Crippen LogP contribution in [0.4, 0.5) is 11.6 Å². The number of pyridine rings is 1. The molecular weight excluding hydrogens is 316 g/mol. The van der Waals surface area contributed by atoms with E-state index in [1.54, 1.807) is 0 Å². The van der Waals surface area contributed by atoms with E-state index in [9.17, 15) is 5.11 Å². The van der Waals surface area contributed by atoms with Gasteiger partial charge in [0, 0.05) is 32.3 Å². The number of amidine groups is 1. The second-order valence-corrected chi connectivity index (χ2v) is 6.71. The van der Waals surface area contributed by atoms with Crippen LogP contribution in [0, 0.1) is 6.92 Å². The number of hydrogen-bond donors (Lipinski definition) is 2. The Kier molecular flexibility index (Phi) is 4.17. The molecule has 2 aliphatic rings. The summed E-state index contributed by atoms with van der Waals surface area (Å²) in [5, 5.41) is 13.5. The van der Waals surface area contributed by atoms with Crippen LogP contribution in [0.3, 0.4) is 0 Å². The van der Waals surface area contributed by atoms with Gasteiger partial charge in [-0.2, -0.15) is 0 Å². The van der Waals surface area contributed by atoms with Crippen LogP contribution in [0.15, 0.2) is 23.2 Å². The molecule has 25 heavy (non-hydrogen) atoms. The number of imidazole rings is 1. The molecule has 0 aromatic carbocycles. The second kappa shape index (κ2) is 6.48. The summed E-state index contributed by atoms with van der Waals surface area (Å²) in [6.45, 7) is 4.11. The van der Waals surface area contributed by atoms with Gasteiger partial charge < -0.3 is 19.9 Å².